The smallest absolute Gasteiger partial charge is 0.326 e. The van der Waals surface area contributed by atoms with Crippen LogP contribution in [0.1, 0.15) is 26.2 Å². The van der Waals surface area contributed by atoms with Crippen LogP contribution in [-0.2, 0) is 14.3 Å². The van der Waals surface area contributed by atoms with Crippen LogP contribution in [0.4, 0.5) is 0 Å². The molecule has 1 unspecified atom stereocenters. The van der Waals surface area contributed by atoms with Crippen LogP contribution in [0, 0.1) is 0 Å². The molecular formula is C10H19NO5. The number of carbonyl (C=O) groups excluding carboxylic acids is 1. The van der Waals surface area contributed by atoms with E-state index in [0.29, 0.717) is 6.42 Å². The van der Waals surface area contributed by atoms with Gasteiger partial charge in [0.1, 0.15) is 6.04 Å². The molecule has 0 aromatic heterocycles. The summed E-state index contributed by atoms with van der Waals surface area (Å²) < 4.78 is 4.96. The van der Waals surface area contributed by atoms with Crippen molar-refractivity contribution in [2.75, 3.05) is 13.7 Å². The Kier molecular flexibility index (Phi) is 7.49. The summed E-state index contributed by atoms with van der Waals surface area (Å²) in [6.07, 6.45) is 0.728. The normalized spacial score (nSPS) is 14.2. The SMILES string of the molecule is COC(C)CCC(=O)N[C@H](CCO)C(=O)O. The summed E-state index contributed by atoms with van der Waals surface area (Å²) in [5, 5.41) is 19.7. The van der Waals surface area contributed by atoms with E-state index >= 15 is 0 Å². The van der Waals surface area contributed by atoms with Gasteiger partial charge in [-0.3, -0.25) is 4.79 Å². The van der Waals surface area contributed by atoms with Crippen LogP contribution >= 0.6 is 0 Å². The number of rotatable bonds is 8. The summed E-state index contributed by atoms with van der Waals surface area (Å²) >= 11 is 0. The van der Waals surface area contributed by atoms with Crippen LogP contribution in [0.15, 0.2) is 0 Å². The van der Waals surface area contributed by atoms with E-state index in [2.05, 4.69) is 5.32 Å². The highest BCUT2D eigenvalue weighted by Crippen LogP contribution is 2.01. The summed E-state index contributed by atoms with van der Waals surface area (Å²) in [7, 11) is 1.55. The lowest BCUT2D eigenvalue weighted by Gasteiger charge is -2.14. The predicted octanol–water partition coefficient (Wildman–Crippen LogP) is -0.247. The number of nitrogens with one attached hydrogen (secondary N) is 1. The zero-order valence-electron chi connectivity index (χ0n) is 9.60. The Morgan fingerprint density at radius 1 is 1.38 bits per heavy atom. The molecular weight excluding hydrogens is 214 g/mol. The Balaban J connectivity index is 3.95. The topological polar surface area (TPSA) is 95.9 Å². The fourth-order valence-corrected chi connectivity index (χ4v) is 1.11. The van der Waals surface area contributed by atoms with Crippen LogP contribution in [0.3, 0.4) is 0 Å². The number of amides is 1. The van der Waals surface area contributed by atoms with Crippen molar-refractivity contribution in [3.8, 4) is 0 Å². The summed E-state index contributed by atoms with van der Waals surface area (Å²) in [5.74, 6) is -1.48. The Bertz CT molecular complexity index is 231. The Morgan fingerprint density at radius 2 is 2.00 bits per heavy atom. The number of carbonyl (C=O) groups is 2. The van der Waals surface area contributed by atoms with Gasteiger partial charge in [0, 0.05) is 26.6 Å². The van der Waals surface area contributed by atoms with E-state index in [9.17, 15) is 9.59 Å². The first-order valence-electron chi connectivity index (χ1n) is 5.17. The van der Waals surface area contributed by atoms with Gasteiger partial charge in [0.15, 0.2) is 0 Å². The molecule has 0 bridgehead atoms. The largest absolute Gasteiger partial charge is 0.480 e. The van der Waals surface area contributed by atoms with E-state index in [-0.39, 0.29) is 31.5 Å². The average Bonchev–Trinajstić information content (AvgIpc) is 2.25. The van der Waals surface area contributed by atoms with Crippen LogP contribution in [-0.4, -0.2) is 48.0 Å². The van der Waals surface area contributed by atoms with Gasteiger partial charge in [-0.05, 0) is 13.3 Å². The van der Waals surface area contributed by atoms with Crippen LogP contribution in [0.2, 0.25) is 0 Å². The van der Waals surface area contributed by atoms with Crippen molar-refractivity contribution >= 4 is 11.9 Å². The lowest BCUT2D eigenvalue weighted by molar-refractivity contribution is -0.142. The highest BCUT2D eigenvalue weighted by Gasteiger charge is 2.19. The van der Waals surface area contributed by atoms with Gasteiger partial charge in [0.2, 0.25) is 5.91 Å². The summed E-state index contributed by atoms with van der Waals surface area (Å²) in [6, 6.07) is -1.02. The van der Waals surface area contributed by atoms with E-state index in [0.717, 1.165) is 0 Å². The van der Waals surface area contributed by atoms with E-state index in [4.69, 9.17) is 14.9 Å². The molecule has 0 aliphatic rings. The molecule has 1 amide bonds. The third-order valence-electron chi connectivity index (χ3n) is 2.23. The second kappa shape index (κ2) is 8.06. The second-order valence-corrected chi connectivity index (χ2v) is 3.56. The zero-order chi connectivity index (χ0) is 12.6. The highest BCUT2D eigenvalue weighted by molar-refractivity contribution is 5.83. The van der Waals surface area contributed by atoms with E-state index in [1.807, 2.05) is 6.92 Å². The molecule has 3 N–H and O–H groups in total. The number of aliphatic hydroxyl groups is 1. The Labute approximate surface area is 94.6 Å². The van der Waals surface area contributed by atoms with Crippen LogP contribution < -0.4 is 5.32 Å². The minimum atomic E-state index is -1.14. The monoisotopic (exact) mass is 233 g/mol. The van der Waals surface area contributed by atoms with E-state index < -0.39 is 12.0 Å². The molecule has 0 saturated carbocycles. The lowest BCUT2D eigenvalue weighted by atomic mass is 10.1. The third kappa shape index (κ3) is 6.36. The van der Waals surface area contributed by atoms with Gasteiger partial charge < -0.3 is 20.3 Å². The van der Waals surface area contributed by atoms with Gasteiger partial charge in [-0.15, -0.1) is 0 Å². The maximum absolute atomic E-state index is 11.3. The lowest BCUT2D eigenvalue weighted by Crippen LogP contribution is -2.41. The number of ether oxygens (including phenoxy) is 1. The summed E-state index contributed by atoms with van der Waals surface area (Å²) in [4.78, 5) is 22.0. The minimum Gasteiger partial charge on any atom is -0.480 e. The molecule has 6 heteroatoms. The fraction of sp³-hybridized carbons (Fsp3) is 0.800. The molecule has 0 heterocycles. The van der Waals surface area contributed by atoms with E-state index in [1.54, 1.807) is 7.11 Å². The number of hydrogen-bond donors (Lipinski definition) is 3. The number of carboxylic acid groups (broad SMARTS) is 1. The third-order valence-corrected chi connectivity index (χ3v) is 2.23. The van der Waals surface area contributed by atoms with Crippen LogP contribution in [0.25, 0.3) is 0 Å². The van der Waals surface area contributed by atoms with Gasteiger partial charge in [-0.2, -0.15) is 0 Å². The number of aliphatic hydroxyl groups excluding tert-OH is 1. The van der Waals surface area contributed by atoms with Gasteiger partial charge in [0.05, 0.1) is 6.10 Å². The van der Waals surface area contributed by atoms with Crippen molar-refractivity contribution < 1.29 is 24.5 Å². The molecule has 0 spiro atoms. The van der Waals surface area contributed by atoms with Gasteiger partial charge >= 0.3 is 5.97 Å². The van der Waals surface area contributed by atoms with Gasteiger partial charge in [-0.25, -0.2) is 4.79 Å². The maximum atomic E-state index is 11.3. The molecule has 16 heavy (non-hydrogen) atoms. The Morgan fingerprint density at radius 3 is 2.44 bits per heavy atom. The molecule has 0 fully saturated rings. The maximum Gasteiger partial charge on any atom is 0.326 e. The highest BCUT2D eigenvalue weighted by atomic mass is 16.5. The van der Waals surface area contributed by atoms with E-state index in [1.165, 1.54) is 0 Å². The Hall–Kier alpha value is -1.14. The van der Waals surface area contributed by atoms with Crippen LogP contribution in [0.5, 0.6) is 0 Å². The quantitative estimate of drug-likeness (QED) is 0.537. The summed E-state index contributed by atoms with van der Waals surface area (Å²) in [5.41, 5.74) is 0. The first kappa shape index (κ1) is 14.9. The molecule has 0 aliphatic carbocycles. The summed E-state index contributed by atoms with van der Waals surface area (Å²) in [6.45, 7) is 1.56. The van der Waals surface area contributed by atoms with Crippen molar-refractivity contribution in [1.29, 1.82) is 0 Å². The van der Waals surface area contributed by atoms with Crippen molar-refractivity contribution in [1.82, 2.24) is 5.32 Å². The molecule has 0 aromatic rings. The first-order chi connectivity index (χ1) is 7.51. The second-order valence-electron chi connectivity index (χ2n) is 3.56. The molecule has 0 radical (unpaired) electrons. The molecule has 94 valence electrons. The average molecular weight is 233 g/mol. The molecule has 0 rings (SSSR count). The first-order valence-corrected chi connectivity index (χ1v) is 5.17. The number of aliphatic carboxylic acids is 1. The van der Waals surface area contributed by atoms with Crippen molar-refractivity contribution in [3.63, 3.8) is 0 Å². The molecule has 2 atom stereocenters. The number of carboxylic acids is 1. The molecule has 0 aliphatic heterocycles. The van der Waals surface area contributed by atoms with Crippen molar-refractivity contribution in [2.24, 2.45) is 0 Å². The number of hydrogen-bond acceptors (Lipinski definition) is 4. The predicted molar refractivity (Wildman–Crippen MR) is 57.0 cm³/mol. The number of methoxy groups -OCH3 is 1. The fourth-order valence-electron chi connectivity index (χ4n) is 1.11. The standard InChI is InChI=1S/C10H19NO5/c1-7(16-2)3-4-9(13)11-8(5-6-12)10(14)15/h7-8,12H,3-6H2,1-2H3,(H,11,13)(H,14,15)/t7?,8-/m1/s1. The minimum absolute atomic E-state index is 0.0148. The van der Waals surface area contributed by atoms with Crippen molar-refractivity contribution in [2.45, 2.75) is 38.3 Å². The molecule has 0 saturated heterocycles. The van der Waals surface area contributed by atoms with Gasteiger partial charge in [-0.1, -0.05) is 0 Å². The van der Waals surface area contributed by atoms with Gasteiger partial charge in [0.25, 0.3) is 0 Å². The zero-order valence-corrected chi connectivity index (χ0v) is 9.60. The molecule has 0 aromatic carbocycles. The van der Waals surface area contributed by atoms with Crippen molar-refractivity contribution in [3.05, 3.63) is 0 Å². The molecule has 6 nitrogen and oxygen atoms in total.